The van der Waals surface area contributed by atoms with Gasteiger partial charge in [0.2, 0.25) is 0 Å². The van der Waals surface area contributed by atoms with Crippen LogP contribution >= 0.6 is 0 Å². The van der Waals surface area contributed by atoms with E-state index in [0.717, 1.165) is 39.1 Å². The van der Waals surface area contributed by atoms with E-state index in [0.29, 0.717) is 19.6 Å². The van der Waals surface area contributed by atoms with E-state index in [2.05, 4.69) is 23.4 Å². The first-order valence-electron chi connectivity index (χ1n) is 11.0. The number of fused-ring (bicyclic) bond motifs is 1. The minimum Gasteiger partial charge on any atom is -0.612 e. The first-order valence-corrected chi connectivity index (χ1v) is 12.6. The van der Waals surface area contributed by atoms with Gasteiger partial charge in [0.15, 0.2) is 10.7 Å². The van der Waals surface area contributed by atoms with E-state index in [4.69, 9.17) is 9.57 Å². The number of para-hydroxylation sites is 1. The van der Waals surface area contributed by atoms with Crippen molar-refractivity contribution < 1.29 is 18.5 Å². The maximum absolute atomic E-state index is 14.4. The van der Waals surface area contributed by atoms with E-state index in [1.54, 1.807) is 12.3 Å². The molecule has 34 heavy (non-hydrogen) atoms. The third-order valence-corrected chi connectivity index (χ3v) is 6.47. The summed E-state index contributed by atoms with van der Waals surface area (Å²) in [6.07, 6.45) is 7.86. The molecule has 0 aliphatic heterocycles. The Balaban J connectivity index is 1.42. The molecule has 1 unspecified atom stereocenters. The van der Waals surface area contributed by atoms with E-state index in [9.17, 15) is 8.94 Å². The first-order chi connectivity index (χ1) is 16.5. The van der Waals surface area contributed by atoms with Crippen molar-refractivity contribution in [2.45, 2.75) is 18.2 Å². The number of aryl methyl sites for hydroxylation is 1. The zero-order valence-electron chi connectivity index (χ0n) is 19.2. The van der Waals surface area contributed by atoms with Crippen molar-refractivity contribution in [1.82, 2.24) is 0 Å². The lowest BCUT2D eigenvalue weighted by Gasteiger charge is -2.09. The monoisotopic (exact) mass is 475 g/mol. The number of nitrogens with zero attached hydrogens (tertiary/aromatic N) is 1. The molecule has 1 aliphatic carbocycles. The van der Waals surface area contributed by atoms with E-state index in [-0.39, 0.29) is 4.90 Å². The Morgan fingerprint density at radius 3 is 2.53 bits per heavy atom. The lowest BCUT2D eigenvalue weighted by atomic mass is 10.0. The van der Waals surface area contributed by atoms with E-state index in [1.165, 1.54) is 12.3 Å². The minimum atomic E-state index is -1.36. The van der Waals surface area contributed by atoms with Gasteiger partial charge in [-0.2, -0.15) is 0 Å². The van der Waals surface area contributed by atoms with Crippen LogP contribution in [0.4, 0.5) is 4.39 Å². The Morgan fingerprint density at radius 1 is 1.03 bits per heavy atom. The van der Waals surface area contributed by atoms with Crippen LogP contribution in [-0.2, 0) is 16.0 Å². The van der Waals surface area contributed by atoms with Gasteiger partial charge in [-0.25, -0.2) is 4.39 Å². The van der Waals surface area contributed by atoms with Crippen molar-refractivity contribution in [3.63, 3.8) is 0 Å². The Kier molecular flexibility index (Phi) is 7.83. The average molecular weight is 476 g/mol. The van der Waals surface area contributed by atoms with Gasteiger partial charge in [-0.3, -0.25) is 0 Å². The maximum atomic E-state index is 14.4. The smallest absolute Gasteiger partial charge is 0.188 e. The number of ether oxygens (including phenoxy) is 1. The highest BCUT2D eigenvalue weighted by Crippen LogP contribution is 2.38. The zero-order chi connectivity index (χ0) is 23.9. The summed E-state index contributed by atoms with van der Waals surface area (Å²) < 4.78 is 31.7. The molecule has 0 aromatic heterocycles. The van der Waals surface area contributed by atoms with Crippen LogP contribution in [0.25, 0.3) is 17.2 Å². The molecule has 0 bridgehead atoms. The second-order valence-corrected chi connectivity index (χ2v) is 9.25. The van der Waals surface area contributed by atoms with Crippen LogP contribution in [0.5, 0.6) is 5.75 Å². The number of benzene rings is 3. The predicted octanol–water partition coefficient (Wildman–Crippen LogP) is 6.28. The summed E-state index contributed by atoms with van der Waals surface area (Å²) in [5.41, 5.74) is 6.04. The van der Waals surface area contributed by atoms with Crippen LogP contribution in [0.2, 0.25) is 0 Å². The third kappa shape index (κ3) is 5.76. The number of hydrogen-bond donors (Lipinski definition) is 0. The predicted molar refractivity (Wildman–Crippen MR) is 137 cm³/mol. The van der Waals surface area contributed by atoms with Gasteiger partial charge in [0.25, 0.3) is 0 Å². The second-order valence-electron chi connectivity index (χ2n) is 7.90. The number of allylic oxidation sites excluding steroid dienone is 2. The second kappa shape index (κ2) is 11.2. The molecule has 6 heteroatoms. The summed E-state index contributed by atoms with van der Waals surface area (Å²) in [5, 5.41) is 3.98. The van der Waals surface area contributed by atoms with Gasteiger partial charge >= 0.3 is 0 Å². The fourth-order valence-electron chi connectivity index (χ4n) is 3.84. The summed E-state index contributed by atoms with van der Waals surface area (Å²) in [6, 6.07) is 20.8. The van der Waals surface area contributed by atoms with Gasteiger partial charge in [-0.1, -0.05) is 53.7 Å². The molecule has 0 amide bonds. The fourth-order valence-corrected chi connectivity index (χ4v) is 4.52. The molecular formula is C28H26FNO3S. The van der Waals surface area contributed by atoms with Gasteiger partial charge in [0.05, 0.1) is 6.21 Å². The summed E-state index contributed by atoms with van der Waals surface area (Å²) in [5.74, 6) is 0.338. The SMILES string of the molecule is Cc1cc([S+](C)[O-])c(F)cc1/C=C1/C=C(CCON=CCOc2ccccc2)c2ccccc21. The van der Waals surface area contributed by atoms with Gasteiger partial charge in [0, 0.05) is 6.42 Å². The van der Waals surface area contributed by atoms with E-state index >= 15 is 0 Å². The Labute approximate surface area is 202 Å². The Bertz CT molecular complexity index is 1240. The highest BCUT2D eigenvalue weighted by molar-refractivity contribution is 7.90. The molecule has 0 saturated carbocycles. The van der Waals surface area contributed by atoms with E-state index in [1.807, 2.05) is 55.5 Å². The molecule has 0 radical (unpaired) electrons. The van der Waals surface area contributed by atoms with Crippen LogP contribution in [0.1, 0.15) is 28.7 Å². The highest BCUT2D eigenvalue weighted by atomic mass is 32.2. The molecule has 3 aromatic carbocycles. The molecule has 0 spiro atoms. The lowest BCUT2D eigenvalue weighted by Crippen LogP contribution is -2.02. The molecule has 0 N–H and O–H groups in total. The zero-order valence-corrected chi connectivity index (χ0v) is 20.0. The number of rotatable bonds is 9. The molecule has 3 aromatic rings. The van der Waals surface area contributed by atoms with E-state index < -0.39 is 17.0 Å². The normalized spacial score (nSPS) is 14.8. The molecule has 0 saturated heterocycles. The standard InChI is InChI=1S/C28H26FNO3S/c1-20-16-28(34(2)31)27(29)19-22(20)18-23-17-21(25-10-6-7-11-26(23)25)12-14-33-30-13-15-32-24-8-4-3-5-9-24/h3-11,13,16-19H,12,14-15H2,1-2H3/b23-18-,30-13?. The summed E-state index contributed by atoms with van der Waals surface area (Å²) in [6.45, 7) is 2.67. The molecule has 1 atom stereocenters. The van der Waals surface area contributed by atoms with Crippen LogP contribution in [0.15, 0.2) is 82.9 Å². The maximum Gasteiger partial charge on any atom is 0.188 e. The summed E-state index contributed by atoms with van der Waals surface area (Å²) >= 11 is -1.36. The molecular weight excluding hydrogens is 449 g/mol. The Morgan fingerprint density at radius 2 is 1.76 bits per heavy atom. The number of hydrogen-bond acceptors (Lipinski definition) is 4. The van der Waals surface area contributed by atoms with Crippen LogP contribution in [0.3, 0.4) is 0 Å². The topological polar surface area (TPSA) is 53.9 Å². The third-order valence-electron chi connectivity index (χ3n) is 5.53. The largest absolute Gasteiger partial charge is 0.612 e. The summed E-state index contributed by atoms with van der Waals surface area (Å²) in [7, 11) is 0. The van der Waals surface area contributed by atoms with Crippen LogP contribution < -0.4 is 4.74 Å². The molecule has 1 aliphatic rings. The summed E-state index contributed by atoms with van der Waals surface area (Å²) in [4.78, 5) is 5.65. The van der Waals surface area contributed by atoms with Gasteiger partial charge in [-0.05, 0) is 81.8 Å². The van der Waals surface area contributed by atoms with Gasteiger partial charge < -0.3 is 14.1 Å². The number of oxime groups is 1. The van der Waals surface area contributed by atoms with Crippen molar-refractivity contribution in [3.8, 4) is 5.75 Å². The molecule has 174 valence electrons. The van der Waals surface area contributed by atoms with Crippen molar-refractivity contribution in [1.29, 1.82) is 0 Å². The van der Waals surface area contributed by atoms with Crippen molar-refractivity contribution in [2.24, 2.45) is 5.16 Å². The number of halogens is 1. The van der Waals surface area contributed by atoms with Gasteiger partial charge in [-0.15, -0.1) is 0 Å². The Hall–Kier alpha value is -3.35. The van der Waals surface area contributed by atoms with Crippen molar-refractivity contribution >= 4 is 34.6 Å². The molecule has 4 rings (SSSR count). The van der Waals surface area contributed by atoms with Crippen molar-refractivity contribution in [2.75, 3.05) is 19.5 Å². The molecule has 0 heterocycles. The van der Waals surface area contributed by atoms with Crippen LogP contribution in [0, 0.1) is 12.7 Å². The van der Waals surface area contributed by atoms with Gasteiger partial charge in [0.1, 0.15) is 25.2 Å². The molecule has 4 nitrogen and oxygen atoms in total. The van der Waals surface area contributed by atoms with Crippen LogP contribution in [-0.4, -0.2) is 30.2 Å². The fraction of sp³-hybridized carbons (Fsp3) is 0.179. The average Bonchev–Trinajstić information content (AvgIpc) is 3.18. The highest BCUT2D eigenvalue weighted by Gasteiger charge is 2.19. The quantitative estimate of drug-likeness (QED) is 0.158. The van der Waals surface area contributed by atoms with Crippen molar-refractivity contribution in [3.05, 3.63) is 101 Å². The molecule has 0 fully saturated rings. The lowest BCUT2D eigenvalue weighted by molar-refractivity contribution is 0.150. The first kappa shape index (κ1) is 23.8. The minimum absolute atomic E-state index is 0.231.